The minimum Gasteiger partial charge on any atom is -0.250 e. The Bertz CT molecular complexity index is 415. The van der Waals surface area contributed by atoms with Crippen LogP contribution in [0.25, 0.3) is 0 Å². The summed E-state index contributed by atoms with van der Waals surface area (Å²) >= 11 is 0. The van der Waals surface area contributed by atoms with Crippen molar-refractivity contribution < 1.29 is 0 Å². The van der Waals surface area contributed by atoms with Gasteiger partial charge in [0.1, 0.15) is 0 Å². The summed E-state index contributed by atoms with van der Waals surface area (Å²) in [5.74, 6) is 0. The van der Waals surface area contributed by atoms with Gasteiger partial charge in [0.25, 0.3) is 0 Å². The Morgan fingerprint density at radius 2 is 1.65 bits per heavy atom. The topological polar surface area (TPSA) is 61.4 Å². The van der Waals surface area contributed by atoms with Gasteiger partial charge in [0.2, 0.25) is 0 Å². The van der Waals surface area contributed by atoms with Gasteiger partial charge >= 0.3 is 0 Å². The van der Waals surface area contributed by atoms with E-state index in [9.17, 15) is 0 Å². The van der Waals surface area contributed by atoms with Crippen molar-refractivity contribution in [2.75, 3.05) is 0 Å². The van der Waals surface area contributed by atoms with Crippen molar-refractivity contribution in [2.45, 2.75) is 46.7 Å². The molecule has 2 heterocycles. The van der Waals surface area contributed by atoms with Gasteiger partial charge < -0.3 is 0 Å². The van der Waals surface area contributed by atoms with Crippen molar-refractivity contribution in [1.29, 1.82) is 0 Å². The smallest absolute Gasteiger partial charge is 0.0796 e. The highest BCUT2D eigenvalue weighted by molar-refractivity contribution is 4.87. The van der Waals surface area contributed by atoms with Gasteiger partial charge in [-0.25, -0.2) is 4.68 Å². The fourth-order valence-electron chi connectivity index (χ4n) is 1.11. The zero-order valence-corrected chi connectivity index (χ0v) is 11.1. The Morgan fingerprint density at radius 3 is 1.88 bits per heavy atom. The Balaban J connectivity index is 0.000000171. The molecule has 2 aromatic heterocycles. The van der Waals surface area contributed by atoms with Crippen LogP contribution in [0.3, 0.4) is 0 Å². The molecular weight excluding hydrogens is 216 g/mol. The van der Waals surface area contributed by atoms with E-state index >= 15 is 0 Å². The molecule has 0 aromatic carbocycles. The van der Waals surface area contributed by atoms with E-state index in [0.717, 1.165) is 5.69 Å². The summed E-state index contributed by atoms with van der Waals surface area (Å²) < 4.78 is 3.65. The molecule has 2 aromatic rings. The fourth-order valence-corrected chi connectivity index (χ4v) is 1.11. The third-order valence-corrected chi connectivity index (χ3v) is 2.12. The molecule has 94 valence electrons. The van der Waals surface area contributed by atoms with Crippen molar-refractivity contribution in [1.82, 2.24) is 30.0 Å². The second kappa shape index (κ2) is 6.12. The molecule has 0 unspecified atom stereocenters. The Morgan fingerprint density at radius 1 is 1.00 bits per heavy atom. The van der Waals surface area contributed by atoms with Gasteiger partial charge in [0.05, 0.1) is 11.9 Å². The first kappa shape index (κ1) is 13.3. The molecule has 6 heteroatoms. The monoisotopic (exact) mass is 236 g/mol. The van der Waals surface area contributed by atoms with Crippen LogP contribution in [0.1, 0.15) is 45.5 Å². The predicted molar refractivity (Wildman–Crippen MR) is 65.6 cm³/mol. The van der Waals surface area contributed by atoms with Crippen LogP contribution in [0.5, 0.6) is 0 Å². The Labute approximate surface area is 102 Å². The van der Waals surface area contributed by atoms with Crippen molar-refractivity contribution in [3.63, 3.8) is 0 Å². The van der Waals surface area contributed by atoms with Crippen LogP contribution in [-0.2, 0) is 0 Å². The van der Waals surface area contributed by atoms with Gasteiger partial charge in [0, 0.05) is 24.5 Å². The molecule has 0 saturated carbocycles. The molecule has 0 aliphatic heterocycles. The quantitative estimate of drug-likeness (QED) is 0.800. The molecule has 17 heavy (non-hydrogen) atoms. The van der Waals surface area contributed by atoms with Crippen LogP contribution in [0.2, 0.25) is 0 Å². The molecule has 0 bridgehead atoms. The number of aromatic nitrogens is 6. The highest BCUT2D eigenvalue weighted by Gasteiger charge is 1.97. The van der Waals surface area contributed by atoms with Gasteiger partial charge in [-0.15, -0.1) is 10.2 Å². The third kappa shape index (κ3) is 4.34. The van der Waals surface area contributed by atoms with E-state index in [0.29, 0.717) is 12.1 Å². The summed E-state index contributed by atoms with van der Waals surface area (Å²) in [6.07, 6.45) is 5.47. The van der Waals surface area contributed by atoms with E-state index in [1.54, 1.807) is 10.9 Å². The van der Waals surface area contributed by atoms with E-state index in [1.165, 1.54) is 0 Å². The summed E-state index contributed by atoms with van der Waals surface area (Å²) in [7, 11) is 0. The summed E-state index contributed by atoms with van der Waals surface area (Å²) in [6, 6.07) is 0.851. The van der Waals surface area contributed by atoms with Crippen LogP contribution in [0.4, 0.5) is 0 Å². The van der Waals surface area contributed by atoms with Crippen molar-refractivity contribution >= 4 is 0 Å². The van der Waals surface area contributed by atoms with Crippen LogP contribution < -0.4 is 0 Å². The van der Waals surface area contributed by atoms with Crippen LogP contribution in [-0.4, -0.2) is 30.0 Å². The van der Waals surface area contributed by atoms with Crippen molar-refractivity contribution in [3.8, 4) is 0 Å². The third-order valence-electron chi connectivity index (χ3n) is 2.12. The van der Waals surface area contributed by atoms with Gasteiger partial charge in [-0.3, -0.25) is 4.68 Å². The molecule has 2 rings (SSSR count). The zero-order valence-electron chi connectivity index (χ0n) is 11.1. The molecule has 0 spiro atoms. The number of aryl methyl sites for hydroxylation is 1. The fraction of sp³-hybridized carbons (Fsp3) is 0.636. The van der Waals surface area contributed by atoms with Crippen molar-refractivity contribution in [3.05, 3.63) is 24.3 Å². The first-order valence-corrected chi connectivity index (χ1v) is 5.75. The van der Waals surface area contributed by atoms with Crippen LogP contribution in [0, 0.1) is 6.92 Å². The number of hydrogen-bond acceptors (Lipinski definition) is 4. The molecule has 0 radical (unpaired) electrons. The first-order valence-electron chi connectivity index (χ1n) is 5.75. The number of hydrogen-bond donors (Lipinski definition) is 0. The SMILES string of the molecule is CC(C)n1ccnn1.Cc1cn(C(C)C)nn1. The summed E-state index contributed by atoms with van der Waals surface area (Å²) in [5, 5.41) is 15.2. The number of rotatable bonds is 2. The molecular formula is C11H20N6. The van der Waals surface area contributed by atoms with Crippen LogP contribution in [0.15, 0.2) is 18.6 Å². The maximum atomic E-state index is 3.88. The molecule has 0 N–H and O–H groups in total. The molecule has 0 saturated heterocycles. The lowest BCUT2D eigenvalue weighted by atomic mass is 10.4. The average Bonchev–Trinajstić information content (AvgIpc) is 2.87. The second-order valence-electron chi connectivity index (χ2n) is 4.41. The highest BCUT2D eigenvalue weighted by atomic mass is 15.4. The molecule has 0 aliphatic rings. The largest absolute Gasteiger partial charge is 0.250 e. The van der Waals surface area contributed by atoms with Gasteiger partial charge in [-0.2, -0.15) is 0 Å². The lowest BCUT2D eigenvalue weighted by Crippen LogP contribution is -2.00. The second-order valence-corrected chi connectivity index (χ2v) is 4.41. The van der Waals surface area contributed by atoms with Gasteiger partial charge in [0.15, 0.2) is 0 Å². The van der Waals surface area contributed by atoms with E-state index in [-0.39, 0.29) is 0 Å². The predicted octanol–water partition coefficient (Wildman–Crippen LogP) is 2.03. The Kier molecular flexibility index (Phi) is 4.81. The summed E-state index contributed by atoms with van der Waals surface area (Å²) in [6.45, 7) is 10.2. The lowest BCUT2D eigenvalue weighted by molar-refractivity contribution is 0.514. The van der Waals surface area contributed by atoms with Crippen molar-refractivity contribution in [2.24, 2.45) is 0 Å². The molecule has 0 aliphatic carbocycles. The van der Waals surface area contributed by atoms with E-state index in [1.807, 2.05) is 24.0 Å². The first-order chi connectivity index (χ1) is 8.00. The molecule has 0 fully saturated rings. The molecule has 6 nitrogen and oxygen atoms in total. The molecule has 0 amide bonds. The highest BCUT2D eigenvalue weighted by Crippen LogP contribution is 2.00. The minimum absolute atomic E-state index is 0.422. The maximum absolute atomic E-state index is 3.88. The summed E-state index contributed by atoms with van der Waals surface area (Å²) in [4.78, 5) is 0. The number of nitrogens with zero attached hydrogens (tertiary/aromatic N) is 6. The Hall–Kier alpha value is -1.72. The molecule has 0 atom stereocenters. The zero-order chi connectivity index (χ0) is 12.8. The van der Waals surface area contributed by atoms with Gasteiger partial charge in [-0.05, 0) is 34.6 Å². The van der Waals surface area contributed by atoms with Crippen LogP contribution >= 0.6 is 0 Å². The van der Waals surface area contributed by atoms with E-state index in [2.05, 4.69) is 48.3 Å². The summed E-state index contributed by atoms with van der Waals surface area (Å²) in [5.41, 5.74) is 0.976. The van der Waals surface area contributed by atoms with Gasteiger partial charge in [-0.1, -0.05) is 10.4 Å². The van der Waals surface area contributed by atoms with E-state index < -0.39 is 0 Å². The minimum atomic E-state index is 0.422. The average molecular weight is 236 g/mol. The lowest BCUT2D eigenvalue weighted by Gasteiger charge is -2.00. The normalized spacial score (nSPS) is 10.5. The van der Waals surface area contributed by atoms with E-state index in [4.69, 9.17) is 0 Å². The maximum Gasteiger partial charge on any atom is 0.0796 e. The standard InChI is InChI=1S/C6H11N3.C5H9N3/c1-5(2)9-4-6(3)7-8-9;1-5(2)8-4-3-6-7-8/h4-5H,1-3H3;3-5H,1-2H3.